The number of Topliss-reactive ketones (excluding diaryl/α,β-unsaturated/α-hetero) is 1. The van der Waals surface area contributed by atoms with Crippen LogP contribution >= 0.6 is 0 Å². The Morgan fingerprint density at radius 1 is 1.00 bits per heavy atom. The molecule has 4 heteroatoms. The Bertz CT molecular complexity index is 969. The Labute approximate surface area is 177 Å². The zero-order valence-electron chi connectivity index (χ0n) is 17.3. The molecule has 2 aromatic carbocycles. The maximum Gasteiger partial charge on any atom is 0.254 e. The second-order valence-corrected chi connectivity index (χ2v) is 9.15. The van der Waals surface area contributed by atoms with Crippen LogP contribution in [0.15, 0.2) is 48.5 Å². The highest BCUT2D eigenvalue weighted by atomic mass is 16.3. The fourth-order valence-corrected chi connectivity index (χ4v) is 5.95. The average molecular weight is 404 g/mol. The number of aryl methyl sites for hydroxylation is 1. The first-order valence-corrected chi connectivity index (χ1v) is 11.3. The van der Waals surface area contributed by atoms with Crippen LogP contribution in [-0.4, -0.2) is 34.3 Å². The topological polar surface area (TPSA) is 57.6 Å². The number of benzene rings is 2. The van der Waals surface area contributed by atoms with Gasteiger partial charge in [0.2, 0.25) is 0 Å². The molecule has 2 fully saturated rings. The number of amides is 1. The summed E-state index contributed by atoms with van der Waals surface area (Å²) in [5, 5.41) is 11.7. The lowest BCUT2D eigenvalue weighted by molar-refractivity contribution is -0.110. The van der Waals surface area contributed by atoms with Gasteiger partial charge < -0.3 is 10.0 Å². The molecule has 2 aliphatic carbocycles. The summed E-state index contributed by atoms with van der Waals surface area (Å²) in [6.45, 7) is 0.538. The second-order valence-electron chi connectivity index (χ2n) is 9.15. The number of ketones is 1. The molecule has 1 saturated carbocycles. The van der Waals surface area contributed by atoms with E-state index >= 15 is 0 Å². The molecule has 156 valence electrons. The molecule has 3 aliphatic rings. The number of hydrogen-bond donors (Lipinski definition) is 1. The molecule has 0 aromatic heterocycles. The molecule has 1 aliphatic heterocycles. The first-order valence-electron chi connectivity index (χ1n) is 11.3. The van der Waals surface area contributed by atoms with Crippen molar-refractivity contribution in [3.63, 3.8) is 0 Å². The minimum absolute atomic E-state index is 0.00295. The standard InChI is InChI=1S/C26H29NO3/c28-24-12-6-7-18-13-14-19(17-21(18)24)25(29)27-16-15-26(30,20-8-2-1-3-9-20)22-10-4-5-11-23(22)27/h1-3,8-9,13-14,17,22-23,30H,4-7,10-12,15-16H2/t22-,23+,26-/m1/s1. The number of rotatable bonds is 2. The normalized spacial score (nSPS) is 28.6. The van der Waals surface area contributed by atoms with Crippen molar-refractivity contribution in [3.05, 3.63) is 70.8 Å². The SMILES string of the molecule is O=C1CCCc2ccc(C(=O)N3CC[C@@](O)(c4ccccc4)[C@@H]4CCCC[C@@H]43)cc21. The van der Waals surface area contributed by atoms with E-state index in [4.69, 9.17) is 0 Å². The number of nitrogens with zero attached hydrogens (tertiary/aromatic N) is 1. The first-order chi connectivity index (χ1) is 14.6. The molecule has 0 spiro atoms. The molecule has 3 atom stereocenters. The summed E-state index contributed by atoms with van der Waals surface area (Å²) in [5.41, 5.74) is 2.49. The summed E-state index contributed by atoms with van der Waals surface area (Å²) >= 11 is 0. The number of likely N-dealkylation sites (tertiary alicyclic amines) is 1. The van der Waals surface area contributed by atoms with Crippen molar-refractivity contribution in [1.82, 2.24) is 4.90 Å². The van der Waals surface area contributed by atoms with E-state index in [1.807, 2.05) is 53.4 Å². The van der Waals surface area contributed by atoms with Gasteiger partial charge in [-0.1, -0.05) is 49.2 Å². The van der Waals surface area contributed by atoms with Crippen LogP contribution in [0.5, 0.6) is 0 Å². The third kappa shape index (κ3) is 3.18. The van der Waals surface area contributed by atoms with Crippen LogP contribution in [0.3, 0.4) is 0 Å². The van der Waals surface area contributed by atoms with Crippen molar-refractivity contribution in [2.45, 2.75) is 63.0 Å². The molecule has 2 aromatic rings. The minimum Gasteiger partial charge on any atom is -0.385 e. The Balaban J connectivity index is 1.45. The summed E-state index contributed by atoms with van der Waals surface area (Å²) in [7, 11) is 0. The van der Waals surface area contributed by atoms with Gasteiger partial charge in [0.1, 0.15) is 0 Å². The van der Waals surface area contributed by atoms with Gasteiger partial charge in [0.15, 0.2) is 5.78 Å². The van der Waals surface area contributed by atoms with E-state index in [1.165, 1.54) is 0 Å². The first kappa shape index (κ1) is 19.5. The van der Waals surface area contributed by atoms with E-state index in [0.717, 1.165) is 55.2 Å². The molecule has 4 nitrogen and oxygen atoms in total. The van der Waals surface area contributed by atoms with Gasteiger partial charge in [0.25, 0.3) is 5.91 Å². The van der Waals surface area contributed by atoms with E-state index in [9.17, 15) is 14.7 Å². The van der Waals surface area contributed by atoms with Crippen molar-refractivity contribution in [1.29, 1.82) is 0 Å². The van der Waals surface area contributed by atoms with Crippen LogP contribution in [0.2, 0.25) is 0 Å². The Morgan fingerprint density at radius 3 is 2.63 bits per heavy atom. The second kappa shape index (κ2) is 7.66. The fourth-order valence-electron chi connectivity index (χ4n) is 5.95. The average Bonchev–Trinajstić information content (AvgIpc) is 2.80. The van der Waals surface area contributed by atoms with Crippen molar-refractivity contribution >= 4 is 11.7 Å². The van der Waals surface area contributed by atoms with E-state index in [2.05, 4.69) is 0 Å². The number of hydrogen-bond acceptors (Lipinski definition) is 3. The smallest absolute Gasteiger partial charge is 0.254 e. The number of carbonyl (C=O) groups is 2. The van der Waals surface area contributed by atoms with Gasteiger partial charge in [-0.15, -0.1) is 0 Å². The summed E-state index contributed by atoms with van der Waals surface area (Å²) in [4.78, 5) is 27.9. The van der Waals surface area contributed by atoms with Crippen LogP contribution in [0.1, 0.15) is 76.8 Å². The van der Waals surface area contributed by atoms with Crippen molar-refractivity contribution < 1.29 is 14.7 Å². The number of aliphatic hydroxyl groups is 1. The Hall–Kier alpha value is -2.46. The van der Waals surface area contributed by atoms with Gasteiger partial charge in [-0.25, -0.2) is 0 Å². The van der Waals surface area contributed by atoms with Gasteiger partial charge in [0, 0.05) is 36.1 Å². The number of carbonyl (C=O) groups excluding carboxylic acids is 2. The maximum atomic E-state index is 13.5. The zero-order valence-corrected chi connectivity index (χ0v) is 17.3. The summed E-state index contributed by atoms with van der Waals surface area (Å²) < 4.78 is 0. The molecule has 0 radical (unpaired) electrons. The molecule has 5 rings (SSSR count). The molecule has 1 saturated heterocycles. The van der Waals surface area contributed by atoms with Crippen LogP contribution in [0, 0.1) is 5.92 Å². The predicted molar refractivity (Wildman–Crippen MR) is 115 cm³/mol. The molecule has 1 N–H and O–H groups in total. The lowest BCUT2D eigenvalue weighted by Gasteiger charge is -2.52. The van der Waals surface area contributed by atoms with Crippen molar-refractivity contribution in [2.24, 2.45) is 5.92 Å². The van der Waals surface area contributed by atoms with E-state index in [-0.39, 0.29) is 23.7 Å². The van der Waals surface area contributed by atoms with Gasteiger partial charge in [-0.3, -0.25) is 9.59 Å². The largest absolute Gasteiger partial charge is 0.385 e. The third-order valence-electron chi connectivity index (χ3n) is 7.52. The van der Waals surface area contributed by atoms with Crippen molar-refractivity contribution in [3.8, 4) is 0 Å². The molecular formula is C26H29NO3. The highest BCUT2D eigenvalue weighted by molar-refractivity contribution is 6.02. The molecule has 1 heterocycles. The molecule has 0 unspecified atom stereocenters. The quantitative estimate of drug-likeness (QED) is 0.803. The highest BCUT2D eigenvalue weighted by Gasteiger charge is 2.50. The zero-order chi connectivity index (χ0) is 20.7. The summed E-state index contributed by atoms with van der Waals surface area (Å²) in [6.07, 6.45) is 6.96. The Kier molecular flexibility index (Phi) is 4.98. The summed E-state index contributed by atoms with van der Waals surface area (Å²) in [6, 6.07) is 15.7. The fraction of sp³-hybridized carbons (Fsp3) is 0.462. The molecule has 30 heavy (non-hydrogen) atoms. The predicted octanol–water partition coefficient (Wildman–Crippen LogP) is 4.50. The van der Waals surface area contributed by atoms with Gasteiger partial charge >= 0.3 is 0 Å². The van der Waals surface area contributed by atoms with E-state index in [0.29, 0.717) is 24.9 Å². The van der Waals surface area contributed by atoms with Crippen LogP contribution < -0.4 is 0 Å². The lowest BCUT2D eigenvalue weighted by Crippen LogP contribution is -2.59. The lowest BCUT2D eigenvalue weighted by atomic mass is 9.66. The van der Waals surface area contributed by atoms with Gasteiger partial charge in [-0.05, 0) is 55.4 Å². The monoisotopic (exact) mass is 403 g/mol. The van der Waals surface area contributed by atoms with E-state index in [1.54, 1.807) is 0 Å². The van der Waals surface area contributed by atoms with Gasteiger partial charge in [-0.2, -0.15) is 0 Å². The molecular weight excluding hydrogens is 374 g/mol. The molecule has 0 bridgehead atoms. The van der Waals surface area contributed by atoms with Crippen LogP contribution in [0.25, 0.3) is 0 Å². The summed E-state index contributed by atoms with van der Waals surface area (Å²) in [5.74, 6) is 0.201. The number of fused-ring (bicyclic) bond motifs is 2. The van der Waals surface area contributed by atoms with E-state index < -0.39 is 5.60 Å². The number of piperidine rings is 1. The minimum atomic E-state index is -0.880. The molecule has 1 amide bonds. The van der Waals surface area contributed by atoms with Crippen LogP contribution in [0.4, 0.5) is 0 Å². The van der Waals surface area contributed by atoms with Gasteiger partial charge in [0.05, 0.1) is 5.60 Å². The van der Waals surface area contributed by atoms with Crippen molar-refractivity contribution in [2.75, 3.05) is 6.54 Å². The third-order valence-corrected chi connectivity index (χ3v) is 7.52. The highest BCUT2D eigenvalue weighted by Crippen LogP contribution is 2.47. The maximum absolute atomic E-state index is 13.5. The Morgan fingerprint density at radius 2 is 1.80 bits per heavy atom. The van der Waals surface area contributed by atoms with Crippen LogP contribution in [-0.2, 0) is 12.0 Å².